The van der Waals surface area contributed by atoms with E-state index in [1.165, 1.54) is 12.1 Å². The number of hydrogen-bond acceptors (Lipinski definition) is 2. The second-order valence-corrected chi connectivity index (χ2v) is 4.40. The molecular weight excluding hydrogens is 205 g/mol. The van der Waals surface area contributed by atoms with Crippen molar-refractivity contribution >= 4 is 11.0 Å². The van der Waals surface area contributed by atoms with Crippen LogP contribution >= 0.6 is 0 Å². The standard InChI is InChI=1S/C13H16FNO/c1-7(2)12-10-5-9(14)4-8(3)13(10)16-11(12)6-15/h4-5,7H,6,15H2,1-3H3. The molecule has 0 unspecified atom stereocenters. The van der Waals surface area contributed by atoms with Crippen molar-refractivity contribution in [3.05, 3.63) is 34.8 Å². The van der Waals surface area contributed by atoms with Crippen LogP contribution < -0.4 is 5.73 Å². The van der Waals surface area contributed by atoms with Gasteiger partial charge in [-0.05, 0) is 30.5 Å². The quantitative estimate of drug-likeness (QED) is 0.843. The summed E-state index contributed by atoms with van der Waals surface area (Å²) in [4.78, 5) is 0. The number of furan rings is 1. The molecule has 2 N–H and O–H groups in total. The maximum atomic E-state index is 13.4. The third kappa shape index (κ3) is 1.61. The molecule has 0 spiro atoms. The van der Waals surface area contributed by atoms with Crippen LogP contribution in [0.15, 0.2) is 16.5 Å². The smallest absolute Gasteiger partial charge is 0.137 e. The van der Waals surface area contributed by atoms with E-state index in [1.54, 1.807) is 0 Å². The highest BCUT2D eigenvalue weighted by Gasteiger charge is 2.17. The van der Waals surface area contributed by atoms with Crippen molar-refractivity contribution in [3.63, 3.8) is 0 Å². The molecular formula is C13H16FNO. The highest BCUT2D eigenvalue weighted by molar-refractivity contribution is 5.85. The summed E-state index contributed by atoms with van der Waals surface area (Å²) in [7, 11) is 0. The fraction of sp³-hybridized carbons (Fsp3) is 0.385. The SMILES string of the molecule is Cc1cc(F)cc2c(C(C)C)c(CN)oc12. The molecule has 1 aromatic heterocycles. The molecule has 2 nitrogen and oxygen atoms in total. The minimum Gasteiger partial charge on any atom is -0.459 e. The van der Waals surface area contributed by atoms with Crippen molar-refractivity contribution in [2.45, 2.75) is 33.2 Å². The van der Waals surface area contributed by atoms with E-state index in [0.717, 1.165) is 27.9 Å². The lowest BCUT2D eigenvalue weighted by atomic mass is 9.98. The zero-order valence-electron chi connectivity index (χ0n) is 9.80. The van der Waals surface area contributed by atoms with Crippen molar-refractivity contribution in [2.24, 2.45) is 5.73 Å². The Morgan fingerprint density at radius 2 is 2.06 bits per heavy atom. The minimum atomic E-state index is -0.226. The van der Waals surface area contributed by atoms with Crippen LogP contribution in [0.2, 0.25) is 0 Å². The molecule has 0 radical (unpaired) electrons. The van der Waals surface area contributed by atoms with Crippen LogP contribution in [-0.4, -0.2) is 0 Å². The number of hydrogen-bond donors (Lipinski definition) is 1. The first-order valence-electron chi connectivity index (χ1n) is 5.46. The van der Waals surface area contributed by atoms with Gasteiger partial charge in [0.15, 0.2) is 0 Å². The Balaban J connectivity index is 2.84. The molecule has 16 heavy (non-hydrogen) atoms. The normalized spacial score (nSPS) is 11.6. The van der Waals surface area contributed by atoms with E-state index in [4.69, 9.17) is 10.2 Å². The van der Waals surface area contributed by atoms with E-state index < -0.39 is 0 Å². The molecule has 0 saturated heterocycles. The molecule has 0 atom stereocenters. The van der Waals surface area contributed by atoms with Gasteiger partial charge in [0.05, 0.1) is 6.54 Å². The van der Waals surface area contributed by atoms with Gasteiger partial charge in [-0.1, -0.05) is 13.8 Å². The number of rotatable bonds is 2. The molecule has 3 heteroatoms. The van der Waals surface area contributed by atoms with Crippen molar-refractivity contribution in [1.82, 2.24) is 0 Å². The molecule has 0 saturated carbocycles. The molecule has 0 amide bonds. The predicted molar refractivity (Wildman–Crippen MR) is 62.9 cm³/mol. The molecule has 0 aliphatic rings. The largest absolute Gasteiger partial charge is 0.459 e. The summed E-state index contributed by atoms with van der Waals surface area (Å²) < 4.78 is 19.1. The fourth-order valence-electron chi connectivity index (χ4n) is 2.18. The Kier molecular flexibility index (Phi) is 2.72. The van der Waals surface area contributed by atoms with Gasteiger partial charge in [0.1, 0.15) is 17.2 Å². The van der Waals surface area contributed by atoms with Gasteiger partial charge in [-0.2, -0.15) is 0 Å². The first-order chi connectivity index (χ1) is 7.54. The maximum Gasteiger partial charge on any atom is 0.137 e. The lowest BCUT2D eigenvalue weighted by Crippen LogP contribution is -1.99. The van der Waals surface area contributed by atoms with Gasteiger partial charge >= 0.3 is 0 Å². The maximum absolute atomic E-state index is 13.4. The average molecular weight is 221 g/mol. The van der Waals surface area contributed by atoms with E-state index in [0.29, 0.717) is 6.54 Å². The summed E-state index contributed by atoms with van der Waals surface area (Å²) in [5.41, 5.74) is 8.25. The van der Waals surface area contributed by atoms with Gasteiger partial charge in [0.2, 0.25) is 0 Å². The van der Waals surface area contributed by atoms with Crippen molar-refractivity contribution in [1.29, 1.82) is 0 Å². The molecule has 2 aromatic rings. The Hall–Kier alpha value is -1.35. The molecule has 0 fully saturated rings. The van der Waals surface area contributed by atoms with Gasteiger partial charge in [-0.3, -0.25) is 0 Å². The lowest BCUT2D eigenvalue weighted by molar-refractivity contribution is 0.539. The first kappa shape index (κ1) is 11.1. The summed E-state index contributed by atoms with van der Waals surface area (Å²) in [5.74, 6) is 0.816. The first-order valence-corrected chi connectivity index (χ1v) is 5.46. The summed E-state index contributed by atoms with van der Waals surface area (Å²) in [5, 5.41) is 0.855. The van der Waals surface area contributed by atoms with E-state index in [9.17, 15) is 4.39 Å². The molecule has 1 heterocycles. The molecule has 0 aliphatic carbocycles. The molecule has 1 aromatic carbocycles. The number of fused-ring (bicyclic) bond motifs is 1. The second-order valence-electron chi connectivity index (χ2n) is 4.40. The van der Waals surface area contributed by atoms with Crippen LogP contribution in [0.5, 0.6) is 0 Å². The summed E-state index contributed by atoms with van der Waals surface area (Å²) >= 11 is 0. The zero-order valence-corrected chi connectivity index (χ0v) is 9.80. The van der Waals surface area contributed by atoms with Gasteiger partial charge < -0.3 is 10.2 Å². The van der Waals surface area contributed by atoms with Crippen LogP contribution in [0, 0.1) is 12.7 Å². The summed E-state index contributed by atoms with van der Waals surface area (Å²) in [6.07, 6.45) is 0. The third-order valence-corrected chi connectivity index (χ3v) is 2.82. The minimum absolute atomic E-state index is 0.226. The molecule has 86 valence electrons. The van der Waals surface area contributed by atoms with Gasteiger partial charge in [-0.25, -0.2) is 4.39 Å². The highest BCUT2D eigenvalue weighted by atomic mass is 19.1. The lowest BCUT2D eigenvalue weighted by Gasteiger charge is -2.04. The number of benzene rings is 1. The number of nitrogens with two attached hydrogens (primary N) is 1. The van der Waals surface area contributed by atoms with Crippen molar-refractivity contribution in [3.8, 4) is 0 Å². The van der Waals surface area contributed by atoms with E-state index >= 15 is 0 Å². The van der Waals surface area contributed by atoms with Crippen LogP contribution in [0.25, 0.3) is 11.0 Å². The summed E-state index contributed by atoms with van der Waals surface area (Å²) in [6, 6.07) is 3.01. The molecule has 2 rings (SSSR count). The molecule has 0 aliphatic heterocycles. The van der Waals surface area contributed by atoms with Crippen LogP contribution in [0.1, 0.15) is 36.7 Å². The third-order valence-electron chi connectivity index (χ3n) is 2.82. The van der Waals surface area contributed by atoms with Crippen LogP contribution in [-0.2, 0) is 6.54 Å². The molecule has 0 bridgehead atoms. The van der Waals surface area contributed by atoms with Gasteiger partial charge in [0.25, 0.3) is 0 Å². The number of aryl methyl sites for hydroxylation is 1. The Morgan fingerprint density at radius 1 is 1.38 bits per heavy atom. The fourth-order valence-corrected chi connectivity index (χ4v) is 2.18. The van der Waals surface area contributed by atoms with E-state index in [-0.39, 0.29) is 11.7 Å². The Labute approximate surface area is 94.2 Å². The predicted octanol–water partition coefficient (Wildman–Crippen LogP) is 3.46. The Bertz CT molecular complexity index is 528. The van der Waals surface area contributed by atoms with Crippen LogP contribution in [0.4, 0.5) is 4.39 Å². The van der Waals surface area contributed by atoms with Gasteiger partial charge in [0, 0.05) is 10.9 Å². The summed E-state index contributed by atoms with van der Waals surface area (Å²) in [6.45, 7) is 6.32. The van der Waals surface area contributed by atoms with E-state index in [1.807, 2.05) is 6.92 Å². The topological polar surface area (TPSA) is 39.2 Å². The monoisotopic (exact) mass is 221 g/mol. The Morgan fingerprint density at radius 3 is 2.62 bits per heavy atom. The van der Waals surface area contributed by atoms with Gasteiger partial charge in [-0.15, -0.1) is 0 Å². The highest BCUT2D eigenvalue weighted by Crippen LogP contribution is 2.33. The average Bonchev–Trinajstić information content (AvgIpc) is 2.56. The van der Waals surface area contributed by atoms with Crippen molar-refractivity contribution < 1.29 is 8.81 Å². The van der Waals surface area contributed by atoms with Crippen molar-refractivity contribution in [2.75, 3.05) is 0 Å². The second kappa shape index (κ2) is 3.91. The zero-order chi connectivity index (χ0) is 11.9. The van der Waals surface area contributed by atoms with Crippen LogP contribution in [0.3, 0.4) is 0 Å². The van der Waals surface area contributed by atoms with E-state index in [2.05, 4.69) is 13.8 Å². The number of halogens is 1.